The molecule has 6 aromatic rings. The molecular weight excluding hydrogens is 500 g/mol. The van der Waals surface area contributed by atoms with Gasteiger partial charge >= 0.3 is 0 Å². The summed E-state index contributed by atoms with van der Waals surface area (Å²) in [7, 11) is 0. The summed E-state index contributed by atoms with van der Waals surface area (Å²) in [5.74, 6) is 0. The van der Waals surface area contributed by atoms with Gasteiger partial charge in [-0.1, -0.05) is 104 Å². The van der Waals surface area contributed by atoms with Crippen molar-refractivity contribution in [2.24, 2.45) is 0 Å². The molecule has 0 saturated heterocycles. The van der Waals surface area contributed by atoms with Crippen molar-refractivity contribution >= 4 is 27.4 Å². The van der Waals surface area contributed by atoms with Crippen molar-refractivity contribution in [1.82, 2.24) is 9.55 Å². The molecule has 0 fully saturated rings. The van der Waals surface area contributed by atoms with E-state index in [9.17, 15) is 4.79 Å². The molecule has 0 unspecified atom stereocenters. The van der Waals surface area contributed by atoms with Gasteiger partial charge in [0.2, 0.25) is 0 Å². The Labute approximate surface area is 238 Å². The summed E-state index contributed by atoms with van der Waals surface area (Å²) in [5, 5.41) is 1.52. The van der Waals surface area contributed by atoms with Gasteiger partial charge in [0.25, 0.3) is 5.56 Å². The summed E-state index contributed by atoms with van der Waals surface area (Å²) in [6.07, 6.45) is 11.1. The SMILES string of the molecule is C=C1/C=C\C=C/CC2(c3cc(-n4c(=O)c5ccccc5c5ncccc54)ccc31)c1ccccc1-c1ccccc12. The maximum absolute atomic E-state index is 14.2. The van der Waals surface area contributed by atoms with Crippen molar-refractivity contribution in [2.45, 2.75) is 11.8 Å². The van der Waals surface area contributed by atoms with Crippen LogP contribution in [-0.4, -0.2) is 9.55 Å². The summed E-state index contributed by atoms with van der Waals surface area (Å²) in [4.78, 5) is 18.9. The first-order chi connectivity index (χ1) is 20.2. The van der Waals surface area contributed by atoms with Gasteiger partial charge in [-0.15, -0.1) is 0 Å². The number of pyridine rings is 2. The summed E-state index contributed by atoms with van der Waals surface area (Å²) in [6, 6.07) is 35.5. The Bertz CT molecular complexity index is 2130. The number of hydrogen-bond acceptors (Lipinski definition) is 2. The monoisotopic (exact) mass is 526 g/mol. The van der Waals surface area contributed by atoms with Crippen molar-refractivity contribution in [1.29, 1.82) is 0 Å². The first kappa shape index (κ1) is 23.6. The van der Waals surface area contributed by atoms with Crippen molar-refractivity contribution < 1.29 is 0 Å². The Hall–Kier alpha value is -5.28. The van der Waals surface area contributed by atoms with Crippen LogP contribution in [0.15, 0.2) is 145 Å². The van der Waals surface area contributed by atoms with Gasteiger partial charge in [-0.25, -0.2) is 0 Å². The van der Waals surface area contributed by atoms with Crippen LogP contribution < -0.4 is 5.56 Å². The quantitative estimate of drug-likeness (QED) is 0.202. The lowest BCUT2D eigenvalue weighted by molar-refractivity contribution is 0.643. The predicted molar refractivity (Wildman–Crippen MR) is 169 cm³/mol. The van der Waals surface area contributed by atoms with Gasteiger partial charge in [0.05, 0.1) is 16.4 Å². The molecule has 0 amide bonds. The fourth-order valence-electron chi connectivity index (χ4n) is 6.98. The zero-order valence-corrected chi connectivity index (χ0v) is 22.4. The molecule has 41 heavy (non-hydrogen) atoms. The van der Waals surface area contributed by atoms with Gasteiger partial charge in [0.1, 0.15) is 0 Å². The van der Waals surface area contributed by atoms with E-state index in [1.165, 1.54) is 22.3 Å². The minimum absolute atomic E-state index is 0.0518. The molecule has 0 saturated carbocycles. The number of hydrogen-bond donors (Lipinski definition) is 0. The van der Waals surface area contributed by atoms with Crippen LogP contribution in [0.5, 0.6) is 0 Å². The Morgan fingerprint density at radius 1 is 0.707 bits per heavy atom. The molecule has 2 aromatic heterocycles. The molecule has 3 nitrogen and oxygen atoms in total. The number of fused-ring (bicyclic) bond motifs is 10. The molecule has 4 aromatic carbocycles. The summed E-state index contributed by atoms with van der Waals surface area (Å²) in [5.41, 5.74) is 10.1. The van der Waals surface area contributed by atoms with Gasteiger partial charge in [0, 0.05) is 22.7 Å². The van der Waals surface area contributed by atoms with Crippen LogP contribution in [0.2, 0.25) is 0 Å². The van der Waals surface area contributed by atoms with Crippen LogP contribution >= 0.6 is 0 Å². The van der Waals surface area contributed by atoms with Gasteiger partial charge in [-0.2, -0.15) is 0 Å². The maximum atomic E-state index is 14.2. The molecular formula is C38H26N2O. The molecule has 1 spiro atoms. The smallest absolute Gasteiger partial charge is 0.263 e. The molecule has 0 aliphatic heterocycles. The van der Waals surface area contributed by atoms with Crippen LogP contribution in [0.4, 0.5) is 0 Å². The van der Waals surface area contributed by atoms with Crippen LogP contribution in [0.3, 0.4) is 0 Å². The number of aromatic nitrogens is 2. The summed E-state index contributed by atoms with van der Waals surface area (Å²) < 4.78 is 1.83. The first-order valence-corrected chi connectivity index (χ1v) is 13.9. The average Bonchev–Trinajstić information content (AvgIpc) is 3.34. The zero-order valence-electron chi connectivity index (χ0n) is 22.4. The van der Waals surface area contributed by atoms with Crippen molar-refractivity contribution in [2.75, 3.05) is 0 Å². The third kappa shape index (κ3) is 3.26. The minimum Gasteiger partial charge on any atom is -0.275 e. The zero-order chi connectivity index (χ0) is 27.6. The fraction of sp³-hybridized carbons (Fsp3) is 0.0526. The second-order valence-electron chi connectivity index (χ2n) is 10.8. The van der Waals surface area contributed by atoms with Crippen LogP contribution in [0.1, 0.15) is 28.7 Å². The maximum Gasteiger partial charge on any atom is 0.263 e. The van der Waals surface area contributed by atoms with Crippen LogP contribution in [-0.2, 0) is 5.41 Å². The topological polar surface area (TPSA) is 34.9 Å². The Kier molecular flexibility index (Phi) is 5.10. The van der Waals surface area contributed by atoms with E-state index in [1.807, 2.05) is 47.0 Å². The van der Waals surface area contributed by atoms with E-state index >= 15 is 0 Å². The van der Waals surface area contributed by atoms with Crippen LogP contribution in [0.25, 0.3) is 44.2 Å². The molecule has 0 atom stereocenters. The van der Waals surface area contributed by atoms with Crippen molar-refractivity contribution in [3.05, 3.63) is 173 Å². The molecule has 0 bridgehead atoms. The molecule has 194 valence electrons. The van der Waals surface area contributed by atoms with Gasteiger partial charge < -0.3 is 0 Å². The lowest BCUT2D eigenvalue weighted by atomic mass is 9.68. The third-order valence-corrected chi connectivity index (χ3v) is 8.74. The molecule has 0 radical (unpaired) electrons. The van der Waals surface area contributed by atoms with Gasteiger partial charge in [0.15, 0.2) is 0 Å². The second-order valence-corrected chi connectivity index (χ2v) is 10.8. The van der Waals surface area contributed by atoms with Crippen LogP contribution in [0, 0.1) is 0 Å². The average molecular weight is 527 g/mol. The van der Waals surface area contributed by atoms with Gasteiger partial charge in [-0.3, -0.25) is 14.3 Å². The molecule has 3 heteroatoms. The highest BCUT2D eigenvalue weighted by atomic mass is 16.1. The van der Waals surface area contributed by atoms with E-state index in [1.54, 1.807) is 6.20 Å². The predicted octanol–water partition coefficient (Wildman–Crippen LogP) is 8.38. The number of nitrogens with zero attached hydrogens (tertiary/aromatic N) is 2. The normalized spacial score (nSPS) is 16.4. The summed E-state index contributed by atoms with van der Waals surface area (Å²) in [6.45, 7) is 4.48. The second kappa shape index (κ2) is 8.87. The Morgan fingerprint density at radius 2 is 1.41 bits per heavy atom. The van der Waals surface area contributed by atoms with E-state index in [-0.39, 0.29) is 5.56 Å². The van der Waals surface area contributed by atoms with Crippen molar-refractivity contribution in [3.8, 4) is 16.8 Å². The molecule has 2 heterocycles. The van der Waals surface area contributed by atoms with Crippen molar-refractivity contribution in [3.63, 3.8) is 0 Å². The molecule has 2 aliphatic rings. The molecule has 8 rings (SSSR count). The number of benzene rings is 4. The fourth-order valence-corrected chi connectivity index (χ4v) is 6.98. The van der Waals surface area contributed by atoms with E-state index < -0.39 is 5.41 Å². The molecule has 0 N–H and O–H groups in total. The minimum atomic E-state index is -0.446. The lowest BCUT2D eigenvalue weighted by Gasteiger charge is -2.34. The highest BCUT2D eigenvalue weighted by molar-refractivity contribution is 6.03. The molecule has 2 aliphatic carbocycles. The Morgan fingerprint density at radius 3 is 2.20 bits per heavy atom. The highest BCUT2D eigenvalue weighted by Crippen LogP contribution is 2.56. The van der Waals surface area contributed by atoms with E-state index in [4.69, 9.17) is 4.98 Å². The Balaban J connectivity index is 1.51. The lowest BCUT2D eigenvalue weighted by Crippen LogP contribution is -2.28. The van der Waals surface area contributed by atoms with E-state index in [0.717, 1.165) is 45.2 Å². The van der Waals surface area contributed by atoms with E-state index in [2.05, 4.69) is 91.5 Å². The first-order valence-electron chi connectivity index (χ1n) is 13.9. The standard InChI is InChI=1S/C38H26N2O/c1-25-12-3-2-10-22-38(32-17-8-6-13-28(32)29-14-7-9-18-33(29)38)34-24-26(20-21-27(25)34)40-35-19-11-23-39-36(35)30-15-4-5-16-31(30)37(40)41/h2-21,23-24H,1,22H2/b10-2-,12-3-. The highest BCUT2D eigenvalue weighted by Gasteiger charge is 2.45. The summed E-state index contributed by atoms with van der Waals surface area (Å²) >= 11 is 0. The number of rotatable bonds is 1. The van der Waals surface area contributed by atoms with Gasteiger partial charge in [-0.05, 0) is 75.7 Å². The van der Waals surface area contributed by atoms with E-state index in [0.29, 0.717) is 5.39 Å². The third-order valence-electron chi connectivity index (χ3n) is 8.74. The number of allylic oxidation sites excluding steroid dienone is 5. The largest absolute Gasteiger partial charge is 0.275 e.